The Hall–Kier alpha value is -1.53. The number of carbonyl (C=O) groups excluding carboxylic acids is 1. The zero-order valence-corrected chi connectivity index (χ0v) is 13.7. The van der Waals surface area contributed by atoms with Crippen LogP contribution in [0.3, 0.4) is 0 Å². The second-order valence-electron chi connectivity index (χ2n) is 6.87. The Morgan fingerprint density at radius 1 is 1.43 bits per heavy atom. The van der Waals surface area contributed by atoms with Crippen LogP contribution in [-0.2, 0) is 9.53 Å². The topological polar surface area (TPSA) is 49.8 Å². The minimum Gasteiger partial charge on any atom is -0.459 e. The molecule has 0 radical (unpaired) electrons. The van der Waals surface area contributed by atoms with Gasteiger partial charge >= 0.3 is 5.97 Å². The van der Waals surface area contributed by atoms with Crippen LogP contribution >= 0.6 is 0 Å². The SMILES string of the molecule is CC(C)(C)OC(=O)[C@@H]1CCCN1CC(O)c1ccc(F)cc1F. The summed E-state index contributed by atoms with van der Waals surface area (Å²) in [6.45, 7) is 6.13. The van der Waals surface area contributed by atoms with Crippen molar-refractivity contribution in [3.8, 4) is 0 Å². The van der Waals surface area contributed by atoms with Gasteiger partial charge in [0.05, 0.1) is 6.10 Å². The normalized spacial score (nSPS) is 20.5. The van der Waals surface area contributed by atoms with Gasteiger partial charge in [-0.25, -0.2) is 8.78 Å². The third-order valence-electron chi connectivity index (χ3n) is 3.77. The van der Waals surface area contributed by atoms with E-state index >= 15 is 0 Å². The van der Waals surface area contributed by atoms with Gasteiger partial charge in [-0.1, -0.05) is 6.07 Å². The lowest BCUT2D eigenvalue weighted by atomic mass is 10.1. The highest BCUT2D eigenvalue weighted by atomic mass is 19.1. The Morgan fingerprint density at radius 3 is 2.74 bits per heavy atom. The van der Waals surface area contributed by atoms with Gasteiger partial charge in [0.25, 0.3) is 0 Å². The lowest BCUT2D eigenvalue weighted by molar-refractivity contribution is -0.160. The molecule has 2 rings (SSSR count). The summed E-state index contributed by atoms with van der Waals surface area (Å²) in [7, 11) is 0. The molecular formula is C17H23F2NO3. The van der Waals surface area contributed by atoms with Crippen molar-refractivity contribution in [1.29, 1.82) is 0 Å². The Balaban J connectivity index is 2.04. The van der Waals surface area contributed by atoms with Crippen molar-refractivity contribution in [2.45, 2.75) is 51.4 Å². The molecule has 1 aromatic rings. The molecule has 1 aliphatic heterocycles. The number of likely N-dealkylation sites (tertiary alicyclic amines) is 1. The fourth-order valence-electron chi connectivity index (χ4n) is 2.77. The summed E-state index contributed by atoms with van der Waals surface area (Å²) in [6, 6.07) is 2.64. The van der Waals surface area contributed by atoms with E-state index in [9.17, 15) is 18.7 Å². The quantitative estimate of drug-likeness (QED) is 0.864. The molecule has 1 heterocycles. The summed E-state index contributed by atoms with van der Waals surface area (Å²) >= 11 is 0. The molecule has 1 fully saturated rings. The van der Waals surface area contributed by atoms with E-state index in [2.05, 4.69) is 0 Å². The van der Waals surface area contributed by atoms with Crippen molar-refractivity contribution in [2.75, 3.05) is 13.1 Å². The number of rotatable bonds is 4. The van der Waals surface area contributed by atoms with Gasteiger partial charge < -0.3 is 9.84 Å². The summed E-state index contributed by atoms with van der Waals surface area (Å²) in [5, 5.41) is 10.2. The van der Waals surface area contributed by atoms with Crippen LogP contribution in [0.1, 0.15) is 45.3 Å². The second-order valence-corrected chi connectivity index (χ2v) is 6.87. The first-order valence-electron chi connectivity index (χ1n) is 7.77. The van der Waals surface area contributed by atoms with Crippen LogP contribution in [0.4, 0.5) is 8.78 Å². The van der Waals surface area contributed by atoms with E-state index in [1.807, 2.05) is 0 Å². The molecule has 0 amide bonds. The number of ether oxygens (including phenoxy) is 1. The van der Waals surface area contributed by atoms with E-state index in [1.165, 1.54) is 6.07 Å². The number of aliphatic hydroxyl groups is 1. The predicted molar refractivity (Wildman–Crippen MR) is 81.8 cm³/mol. The minimum absolute atomic E-state index is 0.0289. The monoisotopic (exact) mass is 327 g/mol. The molecule has 0 saturated carbocycles. The highest BCUT2D eigenvalue weighted by Crippen LogP contribution is 2.25. The molecule has 1 aromatic carbocycles. The highest BCUT2D eigenvalue weighted by molar-refractivity contribution is 5.76. The van der Waals surface area contributed by atoms with Gasteiger partial charge in [-0.3, -0.25) is 9.69 Å². The van der Waals surface area contributed by atoms with Gasteiger partial charge in [0, 0.05) is 18.2 Å². The number of carbonyl (C=O) groups is 1. The van der Waals surface area contributed by atoms with Crippen molar-refractivity contribution in [3.05, 3.63) is 35.4 Å². The molecule has 1 N–H and O–H groups in total. The van der Waals surface area contributed by atoms with Gasteiger partial charge in [0.2, 0.25) is 0 Å². The number of hydrogen-bond donors (Lipinski definition) is 1. The number of hydrogen-bond acceptors (Lipinski definition) is 4. The zero-order valence-electron chi connectivity index (χ0n) is 13.7. The highest BCUT2D eigenvalue weighted by Gasteiger charge is 2.35. The largest absolute Gasteiger partial charge is 0.459 e. The first-order valence-corrected chi connectivity index (χ1v) is 7.77. The van der Waals surface area contributed by atoms with Gasteiger partial charge in [0.15, 0.2) is 0 Å². The average Bonchev–Trinajstić information content (AvgIpc) is 2.84. The first kappa shape index (κ1) is 17.8. The Labute approximate surface area is 135 Å². The average molecular weight is 327 g/mol. The summed E-state index contributed by atoms with van der Waals surface area (Å²) < 4.78 is 32.1. The summed E-state index contributed by atoms with van der Waals surface area (Å²) in [6.07, 6.45) is 0.328. The summed E-state index contributed by atoms with van der Waals surface area (Å²) in [4.78, 5) is 14.0. The lowest BCUT2D eigenvalue weighted by Crippen LogP contribution is -2.42. The first-order chi connectivity index (χ1) is 10.7. The van der Waals surface area contributed by atoms with Crippen LogP contribution in [0.15, 0.2) is 18.2 Å². The molecule has 0 aromatic heterocycles. The van der Waals surface area contributed by atoms with Gasteiger partial charge in [-0.2, -0.15) is 0 Å². The molecule has 23 heavy (non-hydrogen) atoms. The van der Waals surface area contributed by atoms with Crippen molar-refractivity contribution < 1.29 is 23.4 Å². The number of β-amino-alcohol motifs (C(OH)–C–C–N with tert-alkyl or cyclic N) is 1. The standard InChI is InChI=1S/C17H23F2NO3/c1-17(2,3)23-16(22)14-5-4-8-20(14)10-15(21)12-7-6-11(18)9-13(12)19/h6-7,9,14-15,21H,4-5,8,10H2,1-3H3/t14-,15?/m0/s1. The van der Waals surface area contributed by atoms with Gasteiger partial charge in [-0.15, -0.1) is 0 Å². The van der Waals surface area contributed by atoms with E-state index < -0.39 is 29.4 Å². The van der Waals surface area contributed by atoms with E-state index in [0.717, 1.165) is 18.6 Å². The molecule has 1 aliphatic rings. The molecule has 0 bridgehead atoms. The van der Waals surface area contributed by atoms with Crippen LogP contribution in [0.2, 0.25) is 0 Å². The summed E-state index contributed by atoms with van der Waals surface area (Å²) in [5.41, 5.74) is -0.547. The van der Waals surface area contributed by atoms with Crippen LogP contribution in [-0.4, -0.2) is 40.7 Å². The maximum Gasteiger partial charge on any atom is 0.323 e. The molecule has 128 valence electrons. The predicted octanol–water partition coefficient (Wildman–Crippen LogP) is 2.80. The Bertz CT molecular complexity index is 571. The van der Waals surface area contributed by atoms with E-state index in [1.54, 1.807) is 25.7 Å². The van der Waals surface area contributed by atoms with Gasteiger partial charge in [0.1, 0.15) is 23.3 Å². The lowest BCUT2D eigenvalue weighted by Gasteiger charge is -2.28. The van der Waals surface area contributed by atoms with Crippen LogP contribution in [0.5, 0.6) is 0 Å². The number of halogens is 2. The molecule has 0 spiro atoms. The van der Waals surface area contributed by atoms with Crippen molar-refractivity contribution in [2.24, 2.45) is 0 Å². The van der Waals surface area contributed by atoms with Gasteiger partial charge in [-0.05, 0) is 46.2 Å². The fourth-order valence-corrected chi connectivity index (χ4v) is 2.77. The van der Waals surface area contributed by atoms with Crippen LogP contribution in [0, 0.1) is 11.6 Å². The second kappa shape index (κ2) is 6.93. The number of esters is 1. The van der Waals surface area contributed by atoms with E-state index in [0.29, 0.717) is 13.0 Å². The maximum atomic E-state index is 13.7. The van der Waals surface area contributed by atoms with Crippen molar-refractivity contribution in [3.63, 3.8) is 0 Å². The molecule has 2 atom stereocenters. The summed E-state index contributed by atoms with van der Waals surface area (Å²) in [5.74, 6) is -1.81. The van der Waals surface area contributed by atoms with E-state index in [4.69, 9.17) is 4.74 Å². The number of benzene rings is 1. The molecular weight excluding hydrogens is 304 g/mol. The fraction of sp³-hybridized carbons (Fsp3) is 0.588. The number of aliphatic hydroxyl groups excluding tert-OH is 1. The van der Waals surface area contributed by atoms with Crippen LogP contribution in [0.25, 0.3) is 0 Å². The molecule has 0 aliphatic carbocycles. The maximum absolute atomic E-state index is 13.7. The molecule has 6 heteroatoms. The van der Waals surface area contributed by atoms with Crippen molar-refractivity contribution in [1.82, 2.24) is 4.90 Å². The van der Waals surface area contributed by atoms with Crippen molar-refractivity contribution >= 4 is 5.97 Å². The Kier molecular flexibility index (Phi) is 5.37. The zero-order chi connectivity index (χ0) is 17.2. The van der Waals surface area contributed by atoms with E-state index in [-0.39, 0.29) is 18.1 Å². The third kappa shape index (κ3) is 4.72. The van der Waals surface area contributed by atoms with Crippen LogP contribution < -0.4 is 0 Å². The molecule has 1 unspecified atom stereocenters. The third-order valence-corrected chi connectivity index (χ3v) is 3.77. The smallest absolute Gasteiger partial charge is 0.323 e. The minimum atomic E-state index is -1.13. The Morgan fingerprint density at radius 2 is 2.13 bits per heavy atom. The number of nitrogens with zero attached hydrogens (tertiary/aromatic N) is 1. The molecule has 4 nitrogen and oxygen atoms in total. The molecule has 1 saturated heterocycles.